The summed E-state index contributed by atoms with van der Waals surface area (Å²) in [6.07, 6.45) is 3.96. The summed E-state index contributed by atoms with van der Waals surface area (Å²) in [5, 5.41) is 10.6. The minimum atomic E-state index is -0.362. The van der Waals surface area contributed by atoms with E-state index in [1.165, 1.54) is 29.4 Å². The van der Waals surface area contributed by atoms with Crippen molar-refractivity contribution in [3.63, 3.8) is 0 Å². The third kappa shape index (κ3) is 2.30. The Kier molecular flexibility index (Phi) is 3.47. The van der Waals surface area contributed by atoms with E-state index >= 15 is 0 Å². The van der Waals surface area contributed by atoms with Gasteiger partial charge in [-0.1, -0.05) is 0 Å². The van der Waals surface area contributed by atoms with E-state index in [0.29, 0.717) is 5.92 Å². The van der Waals surface area contributed by atoms with Crippen LogP contribution < -0.4 is 0 Å². The van der Waals surface area contributed by atoms with Crippen LogP contribution in [-0.4, -0.2) is 21.6 Å². The molecular weight excluding hydrogens is 214 g/mol. The van der Waals surface area contributed by atoms with Gasteiger partial charge in [0.15, 0.2) is 0 Å². The fourth-order valence-corrected chi connectivity index (χ4v) is 3.76. The van der Waals surface area contributed by atoms with Crippen molar-refractivity contribution in [3.05, 3.63) is 16.1 Å². The van der Waals surface area contributed by atoms with Crippen LogP contribution in [0.5, 0.6) is 0 Å². The lowest BCUT2D eigenvalue weighted by Crippen LogP contribution is -2.07. The number of rotatable bonds is 2. The van der Waals surface area contributed by atoms with Crippen LogP contribution in [0.3, 0.4) is 0 Å². The van der Waals surface area contributed by atoms with Crippen molar-refractivity contribution in [3.8, 4) is 0 Å². The van der Waals surface area contributed by atoms with Gasteiger partial charge in [0.1, 0.15) is 0 Å². The van der Waals surface area contributed by atoms with Gasteiger partial charge in [0, 0.05) is 12.1 Å². The molecule has 0 spiro atoms. The third-order valence-electron chi connectivity index (χ3n) is 2.52. The van der Waals surface area contributed by atoms with Crippen molar-refractivity contribution in [1.82, 2.24) is 4.98 Å². The van der Waals surface area contributed by atoms with Gasteiger partial charge in [-0.15, -0.1) is 11.3 Å². The third-order valence-corrected chi connectivity index (χ3v) is 4.90. The highest BCUT2D eigenvalue weighted by atomic mass is 32.2. The second kappa shape index (κ2) is 4.64. The molecule has 1 aromatic rings. The lowest BCUT2D eigenvalue weighted by atomic mass is 10.0. The van der Waals surface area contributed by atoms with Crippen molar-refractivity contribution in [2.75, 3.05) is 11.5 Å². The number of aliphatic hydroxyl groups is 1. The fraction of sp³-hybridized carbons (Fsp3) is 0.700. The smallest absolute Gasteiger partial charge is 0.0960 e. The Labute approximate surface area is 92.8 Å². The highest BCUT2D eigenvalue weighted by molar-refractivity contribution is 7.99. The van der Waals surface area contributed by atoms with Gasteiger partial charge in [-0.3, -0.25) is 0 Å². The molecule has 1 N–H and O–H groups in total. The van der Waals surface area contributed by atoms with Crippen LogP contribution in [-0.2, 0) is 0 Å². The maximum absolute atomic E-state index is 9.40. The lowest BCUT2D eigenvalue weighted by molar-refractivity contribution is 0.203. The van der Waals surface area contributed by atoms with Gasteiger partial charge in [-0.25, -0.2) is 4.98 Å². The van der Waals surface area contributed by atoms with Gasteiger partial charge in [0.25, 0.3) is 0 Å². The molecular formula is C10H15NOS2. The summed E-state index contributed by atoms with van der Waals surface area (Å²) in [6.45, 7) is 1.80. The van der Waals surface area contributed by atoms with E-state index in [4.69, 9.17) is 0 Å². The molecule has 2 nitrogen and oxygen atoms in total. The van der Waals surface area contributed by atoms with Gasteiger partial charge >= 0.3 is 0 Å². The molecule has 2 heterocycles. The van der Waals surface area contributed by atoms with Gasteiger partial charge in [0.2, 0.25) is 0 Å². The van der Waals surface area contributed by atoms with Gasteiger partial charge in [0.05, 0.1) is 16.0 Å². The Morgan fingerprint density at radius 1 is 1.50 bits per heavy atom. The molecule has 1 fully saturated rings. The topological polar surface area (TPSA) is 33.1 Å². The molecule has 2 rings (SSSR count). The molecule has 4 heteroatoms. The number of nitrogens with zero attached hydrogens (tertiary/aromatic N) is 1. The summed E-state index contributed by atoms with van der Waals surface area (Å²) in [7, 11) is 0. The molecule has 0 bridgehead atoms. The standard InChI is InChI=1S/C10H15NOS2/c1-7(12)9-6-11-10(14-9)8-2-4-13-5-3-8/h6-8,12H,2-5H2,1H3. The van der Waals surface area contributed by atoms with Crippen molar-refractivity contribution in [1.29, 1.82) is 0 Å². The molecule has 1 aliphatic rings. The average molecular weight is 229 g/mol. The second-order valence-corrected chi connectivity index (χ2v) is 5.98. The number of thioether (sulfide) groups is 1. The zero-order valence-electron chi connectivity index (χ0n) is 8.27. The predicted molar refractivity (Wildman–Crippen MR) is 62.0 cm³/mol. The largest absolute Gasteiger partial charge is 0.388 e. The number of aliphatic hydroxyl groups excluding tert-OH is 1. The molecule has 0 aromatic carbocycles. The minimum Gasteiger partial charge on any atom is -0.388 e. The first-order valence-corrected chi connectivity index (χ1v) is 6.96. The first kappa shape index (κ1) is 10.5. The lowest BCUT2D eigenvalue weighted by Gasteiger charge is -2.18. The van der Waals surface area contributed by atoms with Crippen LogP contribution in [0.4, 0.5) is 0 Å². The van der Waals surface area contributed by atoms with Crippen molar-refractivity contribution in [2.45, 2.75) is 31.8 Å². The minimum absolute atomic E-state index is 0.362. The molecule has 0 amide bonds. The maximum atomic E-state index is 9.40. The van der Waals surface area contributed by atoms with Crippen LogP contribution in [0.15, 0.2) is 6.20 Å². The Hall–Kier alpha value is -0.0600. The van der Waals surface area contributed by atoms with Crippen LogP contribution in [0.25, 0.3) is 0 Å². The predicted octanol–water partition coefficient (Wildman–Crippen LogP) is 2.81. The van der Waals surface area contributed by atoms with Crippen LogP contribution >= 0.6 is 23.1 Å². The molecule has 1 aromatic heterocycles. The average Bonchev–Trinajstić information content (AvgIpc) is 2.68. The van der Waals surface area contributed by atoms with Crippen LogP contribution in [0.2, 0.25) is 0 Å². The van der Waals surface area contributed by atoms with Crippen LogP contribution in [0.1, 0.15) is 41.7 Å². The van der Waals surface area contributed by atoms with Crippen LogP contribution in [0, 0.1) is 0 Å². The van der Waals surface area contributed by atoms with E-state index in [1.807, 2.05) is 18.0 Å². The van der Waals surface area contributed by atoms with Gasteiger partial charge in [-0.05, 0) is 31.3 Å². The SMILES string of the molecule is CC(O)c1cnc(C2CCSCC2)s1. The Morgan fingerprint density at radius 3 is 2.79 bits per heavy atom. The summed E-state index contributed by atoms with van der Waals surface area (Å²) >= 11 is 3.71. The zero-order chi connectivity index (χ0) is 9.97. The van der Waals surface area contributed by atoms with Crippen molar-refractivity contribution < 1.29 is 5.11 Å². The van der Waals surface area contributed by atoms with Crippen molar-refractivity contribution in [2.24, 2.45) is 0 Å². The normalized spacial score (nSPS) is 21.0. The summed E-state index contributed by atoms with van der Waals surface area (Å²) in [5.41, 5.74) is 0. The monoisotopic (exact) mass is 229 g/mol. The fourth-order valence-electron chi connectivity index (χ4n) is 1.63. The molecule has 0 saturated carbocycles. The van der Waals surface area contributed by atoms with E-state index in [0.717, 1.165) is 4.88 Å². The molecule has 78 valence electrons. The van der Waals surface area contributed by atoms with E-state index in [2.05, 4.69) is 4.98 Å². The quantitative estimate of drug-likeness (QED) is 0.846. The maximum Gasteiger partial charge on any atom is 0.0960 e. The number of aromatic nitrogens is 1. The molecule has 1 atom stereocenters. The summed E-state index contributed by atoms with van der Waals surface area (Å²) < 4.78 is 0. The molecule has 1 aliphatic heterocycles. The van der Waals surface area contributed by atoms with Gasteiger partial charge in [-0.2, -0.15) is 11.8 Å². The molecule has 0 aliphatic carbocycles. The first-order valence-electron chi connectivity index (χ1n) is 4.99. The highest BCUT2D eigenvalue weighted by Gasteiger charge is 2.19. The van der Waals surface area contributed by atoms with Crippen molar-refractivity contribution >= 4 is 23.1 Å². The summed E-state index contributed by atoms with van der Waals surface area (Å²) in [5.74, 6) is 3.16. The Balaban J connectivity index is 2.07. The molecule has 14 heavy (non-hydrogen) atoms. The number of hydrogen-bond acceptors (Lipinski definition) is 4. The van der Waals surface area contributed by atoms with E-state index < -0.39 is 0 Å². The first-order chi connectivity index (χ1) is 6.77. The van der Waals surface area contributed by atoms with E-state index in [1.54, 1.807) is 18.3 Å². The van der Waals surface area contributed by atoms with E-state index in [9.17, 15) is 5.11 Å². The number of hydrogen-bond donors (Lipinski definition) is 1. The molecule has 1 saturated heterocycles. The Bertz CT molecular complexity index is 292. The number of thiazole rings is 1. The highest BCUT2D eigenvalue weighted by Crippen LogP contribution is 2.34. The van der Waals surface area contributed by atoms with Gasteiger partial charge < -0.3 is 5.11 Å². The van der Waals surface area contributed by atoms with E-state index in [-0.39, 0.29) is 6.10 Å². The summed E-state index contributed by atoms with van der Waals surface area (Å²) in [6, 6.07) is 0. The summed E-state index contributed by atoms with van der Waals surface area (Å²) in [4.78, 5) is 5.41. The molecule has 1 unspecified atom stereocenters. The Morgan fingerprint density at radius 2 is 2.21 bits per heavy atom. The second-order valence-electron chi connectivity index (χ2n) is 3.66. The zero-order valence-corrected chi connectivity index (χ0v) is 9.90. The molecule has 0 radical (unpaired) electrons.